The number of nitrogens with zero attached hydrogens (tertiary/aromatic N) is 5. The van der Waals surface area contributed by atoms with Crippen LogP contribution in [0.15, 0.2) is 12.4 Å². The Kier molecular flexibility index (Phi) is 5.57. The van der Waals surface area contributed by atoms with Gasteiger partial charge in [-0.3, -0.25) is 4.90 Å². The zero-order valence-corrected chi connectivity index (χ0v) is 14.1. The summed E-state index contributed by atoms with van der Waals surface area (Å²) < 4.78 is 0. The first-order chi connectivity index (χ1) is 10.6. The zero-order valence-electron chi connectivity index (χ0n) is 14.1. The van der Waals surface area contributed by atoms with Crippen LogP contribution in [0.3, 0.4) is 0 Å². The van der Waals surface area contributed by atoms with Gasteiger partial charge in [0.25, 0.3) is 0 Å². The Hall–Kier alpha value is -1.85. The average molecular weight is 305 g/mol. The van der Waals surface area contributed by atoms with Crippen LogP contribution < -0.4 is 9.80 Å². The van der Waals surface area contributed by atoms with E-state index in [1.165, 1.54) is 0 Å². The second-order valence-corrected chi connectivity index (χ2v) is 5.85. The molecule has 1 saturated heterocycles. The van der Waals surface area contributed by atoms with Crippen LogP contribution in [0.1, 0.15) is 40.5 Å². The number of amides is 2. The van der Waals surface area contributed by atoms with Crippen molar-refractivity contribution in [2.45, 2.75) is 46.6 Å². The van der Waals surface area contributed by atoms with Crippen LogP contribution in [0, 0.1) is 0 Å². The van der Waals surface area contributed by atoms with E-state index in [1.54, 1.807) is 17.3 Å². The van der Waals surface area contributed by atoms with Crippen LogP contribution in [0.2, 0.25) is 0 Å². The molecule has 22 heavy (non-hydrogen) atoms. The minimum absolute atomic E-state index is 0.0617. The molecule has 0 unspecified atom stereocenters. The molecule has 0 spiro atoms. The molecule has 0 saturated carbocycles. The van der Waals surface area contributed by atoms with Gasteiger partial charge in [0.15, 0.2) is 0 Å². The minimum atomic E-state index is 0.0617. The van der Waals surface area contributed by atoms with Crippen LogP contribution in [0.5, 0.6) is 0 Å². The quantitative estimate of drug-likeness (QED) is 0.839. The van der Waals surface area contributed by atoms with Crippen molar-refractivity contribution < 1.29 is 4.79 Å². The Morgan fingerprint density at radius 2 is 1.73 bits per heavy atom. The van der Waals surface area contributed by atoms with Gasteiger partial charge in [0.1, 0.15) is 0 Å². The van der Waals surface area contributed by atoms with Gasteiger partial charge in [0.2, 0.25) is 5.95 Å². The maximum Gasteiger partial charge on any atom is 0.324 e. The van der Waals surface area contributed by atoms with Gasteiger partial charge in [-0.05, 0) is 40.5 Å². The van der Waals surface area contributed by atoms with Gasteiger partial charge < -0.3 is 9.80 Å². The normalized spacial score (nSPS) is 14.5. The van der Waals surface area contributed by atoms with Crippen LogP contribution in [-0.4, -0.2) is 53.1 Å². The number of carbonyl (C=O) groups excluding carboxylic acids is 1. The van der Waals surface area contributed by atoms with Crippen molar-refractivity contribution in [1.29, 1.82) is 0 Å². The van der Waals surface area contributed by atoms with E-state index in [4.69, 9.17) is 0 Å². The second kappa shape index (κ2) is 7.42. The van der Waals surface area contributed by atoms with Crippen molar-refractivity contribution in [3.05, 3.63) is 12.4 Å². The predicted octanol–water partition coefficient (Wildman–Crippen LogP) is 2.75. The molecule has 2 rings (SSSR count). The molecule has 122 valence electrons. The second-order valence-electron chi connectivity index (χ2n) is 5.85. The number of rotatable bonds is 5. The largest absolute Gasteiger partial charge is 0.341 e. The minimum Gasteiger partial charge on any atom is -0.341 e. The number of likely N-dealkylation sites (tertiary alicyclic amines) is 1. The summed E-state index contributed by atoms with van der Waals surface area (Å²) >= 11 is 0. The first kappa shape index (κ1) is 16.5. The van der Waals surface area contributed by atoms with Gasteiger partial charge in [-0.15, -0.1) is 0 Å². The van der Waals surface area contributed by atoms with Crippen molar-refractivity contribution in [2.24, 2.45) is 0 Å². The van der Waals surface area contributed by atoms with Gasteiger partial charge in [-0.1, -0.05) is 0 Å². The molecule has 0 bridgehead atoms. The van der Waals surface area contributed by atoms with Crippen LogP contribution in [-0.2, 0) is 0 Å². The van der Waals surface area contributed by atoms with E-state index < -0.39 is 0 Å². The van der Waals surface area contributed by atoms with E-state index in [2.05, 4.69) is 28.7 Å². The van der Waals surface area contributed by atoms with Crippen molar-refractivity contribution in [2.75, 3.05) is 36.0 Å². The van der Waals surface area contributed by atoms with Crippen LogP contribution >= 0.6 is 0 Å². The van der Waals surface area contributed by atoms with Gasteiger partial charge in [-0.2, -0.15) is 0 Å². The summed E-state index contributed by atoms with van der Waals surface area (Å²) in [6.45, 7) is 11.6. The average Bonchev–Trinajstić information content (AvgIpc) is 3.04. The monoisotopic (exact) mass is 305 g/mol. The molecule has 6 nitrogen and oxygen atoms in total. The molecular formula is C16H27N5O. The highest BCUT2D eigenvalue weighted by atomic mass is 16.2. The van der Waals surface area contributed by atoms with Gasteiger partial charge in [0.05, 0.1) is 18.1 Å². The third kappa shape index (κ3) is 3.48. The number of carbonyl (C=O) groups is 1. The van der Waals surface area contributed by atoms with Crippen LogP contribution in [0.25, 0.3) is 0 Å². The van der Waals surface area contributed by atoms with Crippen molar-refractivity contribution in [1.82, 2.24) is 14.9 Å². The molecule has 2 amide bonds. The van der Waals surface area contributed by atoms with Gasteiger partial charge in [0, 0.05) is 32.2 Å². The van der Waals surface area contributed by atoms with E-state index in [0.29, 0.717) is 5.95 Å². The number of hydrogen-bond acceptors (Lipinski definition) is 4. The highest BCUT2D eigenvalue weighted by molar-refractivity contribution is 5.92. The highest BCUT2D eigenvalue weighted by Gasteiger charge is 2.27. The van der Waals surface area contributed by atoms with Crippen LogP contribution in [0.4, 0.5) is 16.4 Å². The molecule has 1 aromatic rings. The maximum absolute atomic E-state index is 12.7. The molecule has 1 aliphatic heterocycles. The highest BCUT2D eigenvalue weighted by Crippen LogP contribution is 2.21. The topological polar surface area (TPSA) is 52.6 Å². The third-order valence-corrected chi connectivity index (χ3v) is 4.05. The van der Waals surface area contributed by atoms with E-state index >= 15 is 0 Å². The molecule has 1 fully saturated rings. The van der Waals surface area contributed by atoms with Crippen molar-refractivity contribution >= 4 is 17.7 Å². The summed E-state index contributed by atoms with van der Waals surface area (Å²) in [5.41, 5.74) is 0.766. The Bertz CT molecular complexity index is 478. The molecule has 6 heteroatoms. The lowest BCUT2D eigenvalue weighted by Crippen LogP contribution is -2.45. The predicted molar refractivity (Wildman–Crippen MR) is 89.4 cm³/mol. The molecule has 0 aromatic carbocycles. The lowest BCUT2D eigenvalue weighted by molar-refractivity contribution is 0.213. The SMILES string of the molecule is CCN(CC)c1ncc(N(C(=O)N2CCCC2)C(C)C)cn1. The Labute approximate surface area is 133 Å². The van der Waals surface area contributed by atoms with Gasteiger partial charge >= 0.3 is 6.03 Å². The standard InChI is InChI=1S/C16H27N5O/c1-5-19(6-2)15-17-11-14(12-18-15)21(13(3)4)16(22)20-9-7-8-10-20/h11-13H,5-10H2,1-4H3. The Balaban J connectivity index is 2.19. The molecule has 0 N–H and O–H groups in total. The van der Waals surface area contributed by atoms with E-state index in [9.17, 15) is 4.79 Å². The lowest BCUT2D eigenvalue weighted by atomic mass is 10.3. The Morgan fingerprint density at radius 3 is 2.18 bits per heavy atom. The lowest BCUT2D eigenvalue weighted by Gasteiger charge is -2.31. The zero-order chi connectivity index (χ0) is 16.1. The molecule has 1 aliphatic rings. The van der Waals surface area contributed by atoms with Crippen molar-refractivity contribution in [3.8, 4) is 0 Å². The fourth-order valence-corrected chi connectivity index (χ4v) is 2.80. The van der Waals surface area contributed by atoms with E-state index in [-0.39, 0.29) is 12.1 Å². The third-order valence-electron chi connectivity index (χ3n) is 4.05. The number of urea groups is 1. The molecule has 0 aliphatic carbocycles. The summed E-state index contributed by atoms with van der Waals surface area (Å²) in [6.07, 6.45) is 5.70. The summed E-state index contributed by atoms with van der Waals surface area (Å²) in [7, 11) is 0. The van der Waals surface area contributed by atoms with E-state index in [0.717, 1.165) is 44.7 Å². The molecular weight excluding hydrogens is 278 g/mol. The number of anilines is 2. The summed E-state index contributed by atoms with van der Waals surface area (Å²) in [5, 5.41) is 0. The molecule has 2 heterocycles. The summed E-state index contributed by atoms with van der Waals surface area (Å²) in [4.78, 5) is 27.4. The van der Waals surface area contributed by atoms with Crippen molar-refractivity contribution in [3.63, 3.8) is 0 Å². The fourth-order valence-electron chi connectivity index (χ4n) is 2.80. The molecule has 0 radical (unpaired) electrons. The number of hydrogen-bond donors (Lipinski definition) is 0. The van der Waals surface area contributed by atoms with Gasteiger partial charge in [-0.25, -0.2) is 14.8 Å². The summed E-state index contributed by atoms with van der Waals surface area (Å²) in [5.74, 6) is 0.714. The first-order valence-electron chi connectivity index (χ1n) is 8.23. The smallest absolute Gasteiger partial charge is 0.324 e. The maximum atomic E-state index is 12.7. The Morgan fingerprint density at radius 1 is 1.18 bits per heavy atom. The first-order valence-corrected chi connectivity index (χ1v) is 8.23. The molecule has 0 atom stereocenters. The molecule has 1 aromatic heterocycles. The summed E-state index contributed by atoms with van der Waals surface area (Å²) in [6, 6.07) is 0.141. The number of aromatic nitrogens is 2. The fraction of sp³-hybridized carbons (Fsp3) is 0.688. The van der Waals surface area contributed by atoms with E-state index in [1.807, 2.05) is 18.7 Å².